The number of rotatable bonds is 6. The molecule has 130 valence electrons. The van der Waals surface area contributed by atoms with E-state index in [2.05, 4.69) is 32.3 Å². The summed E-state index contributed by atoms with van der Waals surface area (Å²) in [6.45, 7) is 3.81. The highest BCUT2D eigenvalue weighted by Crippen LogP contribution is 2.13. The van der Waals surface area contributed by atoms with Crippen molar-refractivity contribution in [3.8, 4) is 0 Å². The zero-order chi connectivity index (χ0) is 16.9. The molecule has 3 aromatic rings. The van der Waals surface area contributed by atoms with E-state index >= 15 is 0 Å². The van der Waals surface area contributed by atoms with E-state index in [1.807, 2.05) is 35.1 Å². The highest BCUT2D eigenvalue weighted by atomic mass is 16.5. The first-order chi connectivity index (χ1) is 12.3. The lowest BCUT2D eigenvalue weighted by Gasteiger charge is -2.31. The molecule has 0 N–H and O–H groups in total. The molecule has 1 aliphatic heterocycles. The van der Waals surface area contributed by atoms with Gasteiger partial charge in [0.05, 0.1) is 32.2 Å². The molecular formula is C18H21N5O2. The maximum atomic E-state index is 5.83. The first kappa shape index (κ1) is 16.0. The van der Waals surface area contributed by atoms with Crippen molar-refractivity contribution in [1.29, 1.82) is 0 Å². The van der Waals surface area contributed by atoms with E-state index in [9.17, 15) is 0 Å². The third-order valence-corrected chi connectivity index (χ3v) is 4.24. The van der Waals surface area contributed by atoms with Crippen LogP contribution < -0.4 is 0 Å². The Labute approximate surface area is 146 Å². The zero-order valence-corrected chi connectivity index (χ0v) is 14.0. The maximum Gasteiger partial charge on any atom is 0.230 e. The summed E-state index contributed by atoms with van der Waals surface area (Å²) in [4.78, 5) is 2.29. The normalized spacial score (nSPS) is 18.5. The first-order valence-corrected chi connectivity index (χ1v) is 8.52. The summed E-state index contributed by atoms with van der Waals surface area (Å²) in [5, 5.41) is 12.6. The highest BCUT2D eigenvalue weighted by Gasteiger charge is 2.22. The third-order valence-electron chi connectivity index (χ3n) is 4.24. The number of benzene rings is 1. The molecule has 1 atom stereocenters. The Morgan fingerprint density at radius 2 is 1.96 bits per heavy atom. The standard InChI is InChI=1S/C18H21N5O2/c1-2-5-15(6-3-1)11-17-20-21-18(25-17)14-22-9-10-24-16(12-22)13-23-8-4-7-19-23/h1-8,16H,9-14H2/t16-/m1/s1. The van der Waals surface area contributed by atoms with Crippen molar-refractivity contribution in [3.63, 3.8) is 0 Å². The van der Waals surface area contributed by atoms with E-state index in [-0.39, 0.29) is 6.10 Å². The molecule has 0 radical (unpaired) electrons. The van der Waals surface area contributed by atoms with Crippen LogP contribution in [0.2, 0.25) is 0 Å². The van der Waals surface area contributed by atoms with E-state index in [4.69, 9.17) is 9.15 Å². The fourth-order valence-corrected chi connectivity index (χ4v) is 3.04. The van der Waals surface area contributed by atoms with Gasteiger partial charge in [-0.15, -0.1) is 10.2 Å². The fourth-order valence-electron chi connectivity index (χ4n) is 3.04. The summed E-state index contributed by atoms with van der Waals surface area (Å²) in [7, 11) is 0. The minimum absolute atomic E-state index is 0.125. The van der Waals surface area contributed by atoms with Crippen molar-refractivity contribution in [2.75, 3.05) is 19.7 Å². The quantitative estimate of drug-likeness (QED) is 0.682. The van der Waals surface area contributed by atoms with Crippen LogP contribution in [0.1, 0.15) is 17.3 Å². The van der Waals surface area contributed by atoms with Crippen LogP contribution >= 0.6 is 0 Å². The summed E-state index contributed by atoms with van der Waals surface area (Å²) < 4.78 is 13.5. The van der Waals surface area contributed by atoms with Gasteiger partial charge in [0.1, 0.15) is 0 Å². The Bertz CT molecular complexity index is 772. The minimum atomic E-state index is 0.125. The summed E-state index contributed by atoms with van der Waals surface area (Å²) in [5.74, 6) is 1.31. The van der Waals surface area contributed by atoms with Crippen molar-refractivity contribution in [2.45, 2.75) is 25.6 Å². The molecule has 0 unspecified atom stereocenters. The first-order valence-electron chi connectivity index (χ1n) is 8.52. The minimum Gasteiger partial charge on any atom is -0.424 e. The van der Waals surface area contributed by atoms with Gasteiger partial charge in [0.25, 0.3) is 0 Å². The number of morpholine rings is 1. The third kappa shape index (κ3) is 4.32. The van der Waals surface area contributed by atoms with Gasteiger partial charge in [0.15, 0.2) is 0 Å². The van der Waals surface area contributed by atoms with Crippen LogP contribution in [0, 0.1) is 0 Å². The lowest BCUT2D eigenvalue weighted by atomic mass is 10.2. The van der Waals surface area contributed by atoms with E-state index in [0.29, 0.717) is 31.4 Å². The van der Waals surface area contributed by atoms with Gasteiger partial charge in [0, 0.05) is 25.5 Å². The Hall–Kier alpha value is -2.51. The van der Waals surface area contributed by atoms with Gasteiger partial charge in [0.2, 0.25) is 11.8 Å². The van der Waals surface area contributed by atoms with Crippen LogP contribution in [-0.4, -0.2) is 50.7 Å². The van der Waals surface area contributed by atoms with Gasteiger partial charge < -0.3 is 9.15 Å². The summed E-state index contributed by atoms with van der Waals surface area (Å²) in [5.41, 5.74) is 1.17. The van der Waals surface area contributed by atoms with E-state index < -0.39 is 0 Å². The van der Waals surface area contributed by atoms with Crippen LogP contribution in [-0.2, 0) is 24.2 Å². The SMILES string of the molecule is c1ccc(Cc2nnc(CN3CCO[C@@H](Cn4cccn4)C3)o2)cc1. The Morgan fingerprint density at radius 1 is 1.08 bits per heavy atom. The van der Waals surface area contributed by atoms with Crippen molar-refractivity contribution >= 4 is 0 Å². The monoisotopic (exact) mass is 339 g/mol. The molecule has 4 rings (SSSR count). The molecule has 1 aliphatic rings. The molecule has 0 bridgehead atoms. The molecule has 7 heteroatoms. The largest absolute Gasteiger partial charge is 0.424 e. The van der Waals surface area contributed by atoms with E-state index in [0.717, 1.165) is 19.6 Å². The van der Waals surface area contributed by atoms with Gasteiger partial charge in [-0.25, -0.2) is 0 Å². The predicted molar refractivity (Wildman–Crippen MR) is 90.8 cm³/mol. The van der Waals surface area contributed by atoms with Gasteiger partial charge >= 0.3 is 0 Å². The van der Waals surface area contributed by atoms with Crippen LogP contribution in [0.4, 0.5) is 0 Å². The molecule has 2 aromatic heterocycles. The molecule has 3 heterocycles. The average molecular weight is 339 g/mol. The summed E-state index contributed by atoms with van der Waals surface area (Å²) >= 11 is 0. The molecule has 1 fully saturated rings. The number of hydrogen-bond donors (Lipinski definition) is 0. The summed E-state index contributed by atoms with van der Waals surface area (Å²) in [6, 6.07) is 12.1. The Kier molecular flexibility index (Phi) is 4.85. The lowest BCUT2D eigenvalue weighted by molar-refractivity contribution is -0.0423. The maximum absolute atomic E-state index is 5.83. The smallest absolute Gasteiger partial charge is 0.230 e. The number of ether oxygens (including phenoxy) is 1. The van der Waals surface area contributed by atoms with E-state index in [1.54, 1.807) is 6.20 Å². The van der Waals surface area contributed by atoms with E-state index in [1.165, 1.54) is 5.56 Å². The van der Waals surface area contributed by atoms with Crippen molar-refractivity contribution in [3.05, 3.63) is 66.1 Å². The topological polar surface area (TPSA) is 69.2 Å². The molecule has 0 spiro atoms. The molecular weight excluding hydrogens is 318 g/mol. The Morgan fingerprint density at radius 3 is 2.80 bits per heavy atom. The number of aromatic nitrogens is 4. The second-order valence-electron chi connectivity index (χ2n) is 6.21. The second-order valence-corrected chi connectivity index (χ2v) is 6.21. The summed E-state index contributed by atoms with van der Waals surface area (Å²) in [6.07, 6.45) is 4.53. The molecule has 1 saturated heterocycles. The molecule has 7 nitrogen and oxygen atoms in total. The Balaban J connectivity index is 1.32. The van der Waals surface area contributed by atoms with Crippen LogP contribution in [0.15, 0.2) is 53.2 Å². The van der Waals surface area contributed by atoms with Gasteiger partial charge in [-0.05, 0) is 11.6 Å². The van der Waals surface area contributed by atoms with Crippen molar-refractivity contribution in [1.82, 2.24) is 24.9 Å². The molecule has 1 aromatic carbocycles. The van der Waals surface area contributed by atoms with Crippen LogP contribution in [0.25, 0.3) is 0 Å². The van der Waals surface area contributed by atoms with Crippen molar-refractivity contribution < 1.29 is 9.15 Å². The molecule has 0 saturated carbocycles. The van der Waals surface area contributed by atoms with Crippen LogP contribution in [0.5, 0.6) is 0 Å². The predicted octanol–water partition coefficient (Wildman–Crippen LogP) is 1.76. The molecule has 0 amide bonds. The van der Waals surface area contributed by atoms with Gasteiger partial charge in [-0.1, -0.05) is 30.3 Å². The number of hydrogen-bond acceptors (Lipinski definition) is 6. The van der Waals surface area contributed by atoms with Gasteiger partial charge in [-0.2, -0.15) is 5.10 Å². The fraction of sp³-hybridized carbons (Fsp3) is 0.389. The van der Waals surface area contributed by atoms with Gasteiger partial charge in [-0.3, -0.25) is 9.58 Å². The highest BCUT2D eigenvalue weighted by molar-refractivity contribution is 5.17. The number of nitrogens with zero attached hydrogens (tertiary/aromatic N) is 5. The lowest BCUT2D eigenvalue weighted by Crippen LogP contribution is -2.43. The van der Waals surface area contributed by atoms with Crippen LogP contribution in [0.3, 0.4) is 0 Å². The molecule has 25 heavy (non-hydrogen) atoms. The average Bonchev–Trinajstić information content (AvgIpc) is 3.29. The zero-order valence-electron chi connectivity index (χ0n) is 14.0. The second kappa shape index (κ2) is 7.58. The van der Waals surface area contributed by atoms with Crippen molar-refractivity contribution in [2.24, 2.45) is 0 Å². The molecule has 0 aliphatic carbocycles.